The first-order chi connectivity index (χ1) is 11.6. The summed E-state index contributed by atoms with van der Waals surface area (Å²) < 4.78 is 19.6. The first-order valence-electron chi connectivity index (χ1n) is 7.64. The van der Waals surface area contributed by atoms with Gasteiger partial charge in [-0.15, -0.1) is 5.10 Å². The topological polar surface area (TPSA) is 50.8 Å². The molecule has 1 N–H and O–H groups in total. The summed E-state index contributed by atoms with van der Waals surface area (Å²) in [4.78, 5) is 4.32. The van der Waals surface area contributed by atoms with E-state index in [1.165, 1.54) is 17.8 Å². The number of aromatic nitrogens is 3. The van der Waals surface area contributed by atoms with Crippen molar-refractivity contribution in [1.29, 1.82) is 0 Å². The molecule has 0 radical (unpaired) electrons. The third-order valence-electron chi connectivity index (χ3n) is 3.56. The summed E-state index contributed by atoms with van der Waals surface area (Å²) in [6, 6.07) is 12.6. The van der Waals surface area contributed by atoms with Crippen molar-refractivity contribution < 1.29 is 9.13 Å². The number of benzene rings is 2. The molecule has 24 heavy (non-hydrogen) atoms. The van der Waals surface area contributed by atoms with Crippen molar-refractivity contribution in [3.05, 3.63) is 59.4 Å². The van der Waals surface area contributed by atoms with E-state index in [0.29, 0.717) is 28.9 Å². The van der Waals surface area contributed by atoms with Gasteiger partial charge in [-0.05, 0) is 37.1 Å². The van der Waals surface area contributed by atoms with Crippen LogP contribution in [-0.2, 0) is 0 Å². The molecule has 0 aliphatic rings. The molecule has 0 unspecified atom stereocenters. The van der Waals surface area contributed by atoms with Crippen molar-refractivity contribution in [2.45, 2.75) is 19.0 Å². The van der Waals surface area contributed by atoms with E-state index in [-0.39, 0.29) is 5.82 Å². The Kier molecular flexibility index (Phi) is 5.15. The summed E-state index contributed by atoms with van der Waals surface area (Å²) in [6.07, 6.45) is 0. The van der Waals surface area contributed by atoms with Gasteiger partial charge in [-0.3, -0.25) is 5.10 Å². The smallest absolute Gasteiger partial charge is 0.208 e. The van der Waals surface area contributed by atoms with Crippen LogP contribution in [0.5, 0.6) is 5.75 Å². The van der Waals surface area contributed by atoms with Crippen LogP contribution in [0.3, 0.4) is 0 Å². The van der Waals surface area contributed by atoms with Gasteiger partial charge in [0.25, 0.3) is 0 Å². The molecular formula is C18H18FN3OS. The van der Waals surface area contributed by atoms with Crippen LogP contribution < -0.4 is 4.74 Å². The first kappa shape index (κ1) is 16.5. The van der Waals surface area contributed by atoms with E-state index in [9.17, 15) is 4.39 Å². The normalized spacial score (nSPS) is 10.8. The second-order valence-corrected chi connectivity index (χ2v) is 6.43. The lowest BCUT2D eigenvalue weighted by Gasteiger charge is -2.11. The van der Waals surface area contributed by atoms with E-state index in [0.717, 1.165) is 16.9 Å². The molecule has 4 nitrogen and oxygen atoms in total. The fraction of sp³-hybridized carbons (Fsp3) is 0.222. The monoisotopic (exact) mass is 343 g/mol. The Balaban J connectivity index is 1.56. The van der Waals surface area contributed by atoms with Crippen molar-refractivity contribution in [1.82, 2.24) is 15.2 Å². The maximum absolute atomic E-state index is 13.7. The van der Waals surface area contributed by atoms with Crippen molar-refractivity contribution in [3.63, 3.8) is 0 Å². The molecule has 0 aliphatic heterocycles. The number of halogens is 1. The molecule has 3 aromatic rings. The molecule has 124 valence electrons. The Hall–Kier alpha value is -2.34. The fourth-order valence-corrected chi connectivity index (χ4v) is 3.00. The average molecular weight is 343 g/mol. The van der Waals surface area contributed by atoms with Crippen LogP contribution >= 0.6 is 11.8 Å². The minimum atomic E-state index is -0.316. The van der Waals surface area contributed by atoms with Crippen LogP contribution in [0.1, 0.15) is 11.1 Å². The zero-order valence-electron chi connectivity index (χ0n) is 13.5. The van der Waals surface area contributed by atoms with Crippen LogP contribution in [0.15, 0.2) is 47.6 Å². The highest BCUT2D eigenvalue weighted by molar-refractivity contribution is 7.99. The van der Waals surface area contributed by atoms with Gasteiger partial charge in [-0.1, -0.05) is 42.1 Å². The predicted octanol–water partition coefficient (Wildman–Crippen LogP) is 4.40. The molecule has 2 aromatic carbocycles. The molecule has 6 heteroatoms. The van der Waals surface area contributed by atoms with Gasteiger partial charge < -0.3 is 4.74 Å². The highest BCUT2D eigenvalue weighted by Gasteiger charge is 2.10. The number of hydrogen-bond donors (Lipinski definition) is 1. The van der Waals surface area contributed by atoms with E-state index in [4.69, 9.17) is 4.74 Å². The number of para-hydroxylation sites is 1. The number of nitrogens with one attached hydrogen (secondary N) is 1. The molecule has 0 spiro atoms. The van der Waals surface area contributed by atoms with Gasteiger partial charge in [-0.2, -0.15) is 0 Å². The molecule has 0 saturated carbocycles. The Morgan fingerprint density at radius 1 is 1.08 bits per heavy atom. The number of aromatic amines is 1. The van der Waals surface area contributed by atoms with Gasteiger partial charge in [-0.25, -0.2) is 9.37 Å². The average Bonchev–Trinajstić information content (AvgIpc) is 3.03. The number of H-pyrrole nitrogens is 1. The lowest BCUT2D eigenvalue weighted by Crippen LogP contribution is -2.03. The van der Waals surface area contributed by atoms with E-state index in [1.807, 2.05) is 32.0 Å². The maximum atomic E-state index is 13.7. The van der Waals surface area contributed by atoms with Crippen LogP contribution in [0.4, 0.5) is 4.39 Å². The SMILES string of the molecule is Cc1cccc(C)c1OCCSc1n[nH]c(-c2ccccc2F)n1. The third-order valence-corrected chi connectivity index (χ3v) is 4.38. The Morgan fingerprint density at radius 2 is 1.83 bits per heavy atom. The number of aryl methyl sites for hydroxylation is 2. The highest BCUT2D eigenvalue weighted by atomic mass is 32.2. The van der Waals surface area contributed by atoms with Gasteiger partial charge in [0.2, 0.25) is 5.16 Å². The minimum Gasteiger partial charge on any atom is -0.492 e. The lowest BCUT2D eigenvalue weighted by molar-refractivity contribution is 0.339. The number of thioether (sulfide) groups is 1. The molecule has 0 atom stereocenters. The minimum absolute atomic E-state index is 0.316. The molecule has 0 amide bonds. The summed E-state index contributed by atoms with van der Waals surface area (Å²) in [7, 11) is 0. The van der Waals surface area contributed by atoms with Gasteiger partial charge in [0.15, 0.2) is 5.82 Å². The van der Waals surface area contributed by atoms with Crippen LogP contribution in [-0.4, -0.2) is 27.5 Å². The molecule has 1 aromatic heterocycles. The summed E-state index contributed by atoms with van der Waals surface area (Å²) in [6.45, 7) is 4.62. The standard InChI is InChI=1S/C18H18FN3OS/c1-12-6-5-7-13(2)16(12)23-10-11-24-18-20-17(21-22-18)14-8-3-4-9-15(14)19/h3-9H,10-11H2,1-2H3,(H,20,21,22). The van der Waals surface area contributed by atoms with Crippen molar-refractivity contribution in [2.75, 3.05) is 12.4 Å². The third kappa shape index (κ3) is 3.76. The predicted molar refractivity (Wildman–Crippen MR) is 93.9 cm³/mol. The summed E-state index contributed by atoms with van der Waals surface area (Å²) in [5.74, 6) is 1.76. The van der Waals surface area contributed by atoms with E-state index < -0.39 is 0 Å². The summed E-state index contributed by atoms with van der Waals surface area (Å²) in [5, 5.41) is 7.48. The van der Waals surface area contributed by atoms with E-state index >= 15 is 0 Å². The van der Waals surface area contributed by atoms with Gasteiger partial charge in [0.1, 0.15) is 11.6 Å². The lowest BCUT2D eigenvalue weighted by atomic mass is 10.1. The Labute approximate surface area is 144 Å². The van der Waals surface area contributed by atoms with Crippen molar-refractivity contribution in [3.8, 4) is 17.1 Å². The van der Waals surface area contributed by atoms with Crippen LogP contribution in [0, 0.1) is 19.7 Å². The zero-order chi connectivity index (χ0) is 16.9. The highest BCUT2D eigenvalue weighted by Crippen LogP contribution is 2.24. The molecule has 1 heterocycles. The summed E-state index contributed by atoms with van der Waals surface area (Å²) in [5.41, 5.74) is 2.67. The number of nitrogens with zero attached hydrogens (tertiary/aromatic N) is 2. The Bertz CT molecular complexity index is 814. The quantitative estimate of drug-likeness (QED) is 0.532. The maximum Gasteiger partial charge on any atom is 0.208 e. The van der Waals surface area contributed by atoms with Crippen LogP contribution in [0.25, 0.3) is 11.4 Å². The molecule has 0 fully saturated rings. The molecular weight excluding hydrogens is 325 g/mol. The summed E-state index contributed by atoms with van der Waals surface area (Å²) >= 11 is 1.47. The largest absolute Gasteiger partial charge is 0.492 e. The Morgan fingerprint density at radius 3 is 2.58 bits per heavy atom. The number of rotatable bonds is 6. The van der Waals surface area contributed by atoms with E-state index in [1.54, 1.807) is 18.2 Å². The molecule has 0 saturated heterocycles. The van der Waals surface area contributed by atoms with Crippen molar-refractivity contribution >= 4 is 11.8 Å². The second kappa shape index (κ2) is 7.49. The zero-order valence-corrected chi connectivity index (χ0v) is 14.4. The van der Waals surface area contributed by atoms with Gasteiger partial charge in [0.05, 0.1) is 12.2 Å². The first-order valence-corrected chi connectivity index (χ1v) is 8.63. The van der Waals surface area contributed by atoms with Gasteiger partial charge >= 0.3 is 0 Å². The van der Waals surface area contributed by atoms with Gasteiger partial charge in [0, 0.05) is 5.75 Å². The van der Waals surface area contributed by atoms with Crippen molar-refractivity contribution in [2.24, 2.45) is 0 Å². The van der Waals surface area contributed by atoms with Crippen LogP contribution in [0.2, 0.25) is 0 Å². The fourth-order valence-electron chi connectivity index (χ4n) is 2.39. The molecule has 0 bridgehead atoms. The number of hydrogen-bond acceptors (Lipinski definition) is 4. The molecule has 0 aliphatic carbocycles. The number of ether oxygens (including phenoxy) is 1. The van der Waals surface area contributed by atoms with E-state index in [2.05, 4.69) is 15.2 Å². The second-order valence-electron chi connectivity index (χ2n) is 5.36. The molecule has 3 rings (SSSR count).